The van der Waals surface area contributed by atoms with Gasteiger partial charge in [-0.2, -0.15) is 0 Å². The number of hydrogen-bond acceptors (Lipinski definition) is 3. The second-order valence-corrected chi connectivity index (χ2v) is 5.00. The number of piperidine rings is 2. The average molecular weight is 277 g/mol. The van der Waals surface area contributed by atoms with Gasteiger partial charge in [0.2, 0.25) is 5.91 Å². The minimum atomic E-state index is -0.774. The fourth-order valence-electron chi connectivity index (χ4n) is 2.70. The second-order valence-electron chi connectivity index (χ2n) is 5.00. The first kappa shape index (κ1) is 15.2. The van der Waals surface area contributed by atoms with Crippen LogP contribution in [-0.2, 0) is 9.59 Å². The first-order chi connectivity index (χ1) is 8.18. The molecule has 0 saturated carbocycles. The highest BCUT2D eigenvalue weighted by Crippen LogP contribution is 2.20. The Morgan fingerprint density at radius 1 is 1.17 bits per heavy atom. The van der Waals surface area contributed by atoms with E-state index in [1.807, 2.05) is 0 Å². The van der Waals surface area contributed by atoms with Crippen molar-refractivity contribution in [2.75, 3.05) is 26.2 Å². The predicted octanol–water partition coefficient (Wildman–Crippen LogP) is 0.731. The molecular formula is C12H21ClN2O3. The van der Waals surface area contributed by atoms with Crippen LogP contribution in [0.3, 0.4) is 0 Å². The number of rotatable bonds is 2. The lowest BCUT2D eigenvalue weighted by atomic mass is 9.94. The Morgan fingerprint density at radius 3 is 2.50 bits per heavy atom. The predicted molar refractivity (Wildman–Crippen MR) is 69.8 cm³/mol. The molecule has 5 nitrogen and oxygen atoms in total. The molecule has 18 heavy (non-hydrogen) atoms. The highest BCUT2D eigenvalue weighted by Gasteiger charge is 2.32. The standard InChI is InChI=1S/C12H20N2O3.ClH/c15-11(9-3-1-5-13-7-9)14-6-2-4-10(8-14)12(16)17;/h9-10,13H,1-8H2,(H,16,17);1H/t9-,10+;/m1./s1. The zero-order chi connectivity index (χ0) is 12.3. The van der Waals surface area contributed by atoms with Gasteiger partial charge in [0, 0.05) is 19.6 Å². The summed E-state index contributed by atoms with van der Waals surface area (Å²) in [5.74, 6) is -0.951. The van der Waals surface area contributed by atoms with E-state index in [4.69, 9.17) is 5.11 Å². The van der Waals surface area contributed by atoms with Gasteiger partial charge in [0.25, 0.3) is 0 Å². The summed E-state index contributed by atoms with van der Waals surface area (Å²) < 4.78 is 0. The van der Waals surface area contributed by atoms with Crippen molar-refractivity contribution in [1.29, 1.82) is 0 Å². The van der Waals surface area contributed by atoms with Gasteiger partial charge in [0.15, 0.2) is 0 Å². The molecule has 0 aromatic carbocycles. The highest BCUT2D eigenvalue weighted by molar-refractivity contribution is 5.85. The van der Waals surface area contributed by atoms with Crippen LogP contribution in [0.15, 0.2) is 0 Å². The van der Waals surface area contributed by atoms with Gasteiger partial charge >= 0.3 is 5.97 Å². The lowest BCUT2D eigenvalue weighted by Crippen LogP contribution is -2.48. The fourth-order valence-corrected chi connectivity index (χ4v) is 2.70. The quantitative estimate of drug-likeness (QED) is 0.780. The molecule has 6 heteroatoms. The number of carboxylic acids is 1. The Balaban J connectivity index is 0.00000162. The average Bonchev–Trinajstić information content (AvgIpc) is 2.39. The van der Waals surface area contributed by atoms with E-state index in [1.54, 1.807) is 4.90 Å². The molecule has 2 fully saturated rings. The van der Waals surface area contributed by atoms with E-state index in [0.717, 1.165) is 38.9 Å². The van der Waals surface area contributed by atoms with Crippen molar-refractivity contribution < 1.29 is 14.7 Å². The third kappa shape index (κ3) is 3.59. The third-order valence-electron chi connectivity index (χ3n) is 3.73. The molecule has 2 N–H and O–H groups in total. The SMILES string of the molecule is Cl.O=C(O)[C@H]1CCCN(C(=O)[C@@H]2CCCNC2)C1. The maximum Gasteiger partial charge on any atom is 0.308 e. The van der Waals surface area contributed by atoms with Gasteiger partial charge in [-0.15, -0.1) is 12.4 Å². The molecule has 2 aliphatic heterocycles. The molecule has 2 atom stereocenters. The highest BCUT2D eigenvalue weighted by atomic mass is 35.5. The van der Waals surface area contributed by atoms with Crippen LogP contribution in [-0.4, -0.2) is 48.1 Å². The van der Waals surface area contributed by atoms with Gasteiger partial charge < -0.3 is 15.3 Å². The number of hydrogen-bond donors (Lipinski definition) is 2. The summed E-state index contributed by atoms with van der Waals surface area (Å²) in [6, 6.07) is 0. The molecule has 2 saturated heterocycles. The Morgan fingerprint density at radius 2 is 1.89 bits per heavy atom. The van der Waals surface area contributed by atoms with Crippen LogP contribution >= 0.6 is 12.4 Å². The minimum absolute atomic E-state index is 0. The second kappa shape index (κ2) is 6.95. The first-order valence-corrected chi connectivity index (χ1v) is 6.41. The van der Waals surface area contributed by atoms with Gasteiger partial charge in [-0.05, 0) is 32.2 Å². The molecule has 0 aromatic rings. The molecule has 2 aliphatic rings. The maximum atomic E-state index is 12.2. The lowest BCUT2D eigenvalue weighted by Gasteiger charge is -2.34. The van der Waals surface area contributed by atoms with E-state index in [-0.39, 0.29) is 30.2 Å². The van der Waals surface area contributed by atoms with Crippen molar-refractivity contribution in [3.63, 3.8) is 0 Å². The van der Waals surface area contributed by atoms with Crippen LogP contribution in [0.25, 0.3) is 0 Å². The molecule has 0 radical (unpaired) electrons. The number of aliphatic carboxylic acids is 1. The molecule has 104 valence electrons. The van der Waals surface area contributed by atoms with Crippen molar-refractivity contribution in [2.24, 2.45) is 11.8 Å². The van der Waals surface area contributed by atoms with E-state index in [2.05, 4.69) is 5.32 Å². The van der Waals surface area contributed by atoms with Crippen LogP contribution in [0.2, 0.25) is 0 Å². The number of carboxylic acid groups (broad SMARTS) is 1. The van der Waals surface area contributed by atoms with Crippen molar-refractivity contribution in [2.45, 2.75) is 25.7 Å². The van der Waals surface area contributed by atoms with Crippen molar-refractivity contribution in [3.05, 3.63) is 0 Å². The number of halogens is 1. The molecule has 2 heterocycles. The minimum Gasteiger partial charge on any atom is -0.481 e. The number of amides is 1. The molecule has 0 unspecified atom stereocenters. The maximum absolute atomic E-state index is 12.2. The molecule has 2 rings (SSSR count). The zero-order valence-corrected chi connectivity index (χ0v) is 11.2. The van der Waals surface area contributed by atoms with Gasteiger partial charge in [0.05, 0.1) is 11.8 Å². The zero-order valence-electron chi connectivity index (χ0n) is 10.4. The summed E-state index contributed by atoms with van der Waals surface area (Å²) in [6.07, 6.45) is 3.47. The monoisotopic (exact) mass is 276 g/mol. The number of carbonyl (C=O) groups excluding carboxylic acids is 1. The summed E-state index contributed by atoms with van der Waals surface area (Å²) in [7, 11) is 0. The molecule has 0 aliphatic carbocycles. The number of nitrogens with zero attached hydrogens (tertiary/aromatic N) is 1. The van der Waals surface area contributed by atoms with Crippen molar-refractivity contribution in [3.8, 4) is 0 Å². The van der Waals surface area contributed by atoms with E-state index < -0.39 is 5.97 Å². The van der Waals surface area contributed by atoms with Crippen LogP contribution < -0.4 is 5.32 Å². The normalized spacial score (nSPS) is 28.3. The van der Waals surface area contributed by atoms with Crippen LogP contribution in [0, 0.1) is 11.8 Å². The largest absolute Gasteiger partial charge is 0.481 e. The molecule has 0 spiro atoms. The summed E-state index contributed by atoms with van der Waals surface area (Å²) in [6.45, 7) is 2.85. The van der Waals surface area contributed by atoms with Gasteiger partial charge in [-0.1, -0.05) is 0 Å². The van der Waals surface area contributed by atoms with Crippen LogP contribution in [0.1, 0.15) is 25.7 Å². The molecule has 0 aromatic heterocycles. The molecule has 1 amide bonds. The summed E-state index contributed by atoms with van der Waals surface area (Å²) in [5, 5.41) is 12.2. The number of nitrogens with one attached hydrogen (secondary N) is 1. The lowest BCUT2D eigenvalue weighted by molar-refractivity contribution is -0.147. The summed E-state index contributed by atoms with van der Waals surface area (Å²) in [5.41, 5.74) is 0. The van der Waals surface area contributed by atoms with E-state index in [9.17, 15) is 9.59 Å². The Labute approximate surface area is 113 Å². The smallest absolute Gasteiger partial charge is 0.308 e. The summed E-state index contributed by atoms with van der Waals surface area (Å²) >= 11 is 0. The Bertz CT molecular complexity index is 306. The molecule has 0 bridgehead atoms. The van der Waals surface area contributed by atoms with Crippen molar-refractivity contribution in [1.82, 2.24) is 10.2 Å². The van der Waals surface area contributed by atoms with Gasteiger partial charge in [0.1, 0.15) is 0 Å². The number of carbonyl (C=O) groups is 2. The van der Waals surface area contributed by atoms with E-state index >= 15 is 0 Å². The fraction of sp³-hybridized carbons (Fsp3) is 0.833. The topological polar surface area (TPSA) is 69.6 Å². The van der Waals surface area contributed by atoms with Gasteiger partial charge in [-0.25, -0.2) is 0 Å². The van der Waals surface area contributed by atoms with Crippen molar-refractivity contribution >= 4 is 24.3 Å². The first-order valence-electron chi connectivity index (χ1n) is 6.41. The third-order valence-corrected chi connectivity index (χ3v) is 3.73. The van der Waals surface area contributed by atoms with Crippen LogP contribution in [0.4, 0.5) is 0 Å². The van der Waals surface area contributed by atoms with Gasteiger partial charge in [-0.3, -0.25) is 9.59 Å². The Kier molecular flexibility index (Phi) is 5.88. The summed E-state index contributed by atoms with van der Waals surface area (Å²) in [4.78, 5) is 24.9. The van der Waals surface area contributed by atoms with Crippen LogP contribution in [0.5, 0.6) is 0 Å². The Hall–Kier alpha value is -0.810. The van der Waals surface area contributed by atoms with E-state index in [0.29, 0.717) is 13.0 Å². The van der Waals surface area contributed by atoms with E-state index in [1.165, 1.54) is 0 Å². The number of likely N-dealkylation sites (tertiary alicyclic amines) is 1. The molecular weight excluding hydrogens is 256 g/mol.